The van der Waals surface area contributed by atoms with E-state index < -0.39 is 0 Å². The van der Waals surface area contributed by atoms with E-state index >= 15 is 0 Å². The number of aromatic amines is 1. The average Bonchev–Trinajstić information content (AvgIpc) is 3.09. The van der Waals surface area contributed by atoms with E-state index in [9.17, 15) is 9.59 Å². The first-order valence-electron chi connectivity index (χ1n) is 12.4. The molecule has 1 saturated heterocycles. The molecule has 2 aliphatic heterocycles. The van der Waals surface area contributed by atoms with Gasteiger partial charge in [0, 0.05) is 18.7 Å². The van der Waals surface area contributed by atoms with E-state index in [0.29, 0.717) is 39.4 Å². The summed E-state index contributed by atoms with van der Waals surface area (Å²) >= 11 is 0. The van der Waals surface area contributed by atoms with Crippen molar-refractivity contribution in [1.82, 2.24) is 19.8 Å². The fourth-order valence-electron chi connectivity index (χ4n) is 5.16. The zero-order valence-corrected chi connectivity index (χ0v) is 20.6. The number of piperidine rings is 1. The Kier molecular flexibility index (Phi) is 6.36. The Balaban J connectivity index is 1.39. The van der Waals surface area contributed by atoms with Gasteiger partial charge < -0.3 is 24.3 Å². The summed E-state index contributed by atoms with van der Waals surface area (Å²) in [6, 6.07) is 10.4. The van der Waals surface area contributed by atoms with Crippen molar-refractivity contribution in [3.63, 3.8) is 0 Å². The number of ether oxygens (including phenoxy) is 2. The van der Waals surface area contributed by atoms with E-state index in [1.807, 2.05) is 31.7 Å². The van der Waals surface area contributed by atoms with Gasteiger partial charge in [0.1, 0.15) is 18.2 Å². The van der Waals surface area contributed by atoms with Crippen LogP contribution in [-0.4, -0.2) is 64.6 Å². The molecule has 1 atom stereocenters. The lowest BCUT2D eigenvalue weighted by molar-refractivity contribution is -0.149. The highest BCUT2D eigenvalue weighted by Crippen LogP contribution is 2.34. The van der Waals surface area contributed by atoms with E-state index in [-0.39, 0.29) is 17.9 Å². The molecule has 3 heterocycles. The second-order valence-electron chi connectivity index (χ2n) is 9.43. The highest BCUT2D eigenvalue weighted by Gasteiger charge is 2.32. The monoisotopic (exact) mass is 476 g/mol. The number of carbonyl (C=O) groups is 2. The summed E-state index contributed by atoms with van der Waals surface area (Å²) in [5, 5.41) is 0. The van der Waals surface area contributed by atoms with Gasteiger partial charge in [0.25, 0.3) is 0 Å². The molecule has 0 aliphatic carbocycles. The first-order chi connectivity index (χ1) is 16.9. The molecule has 0 spiro atoms. The van der Waals surface area contributed by atoms with Gasteiger partial charge in [-0.25, -0.2) is 9.78 Å². The van der Waals surface area contributed by atoms with Gasteiger partial charge >= 0.3 is 12.0 Å². The molecule has 3 aromatic rings. The van der Waals surface area contributed by atoms with Gasteiger partial charge in [0.05, 0.1) is 36.6 Å². The lowest BCUT2D eigenvalue weighted by atomic mass is 9.98. The predicted molar refractivity (Wildman–Crippen MR) is 133 cm³/mol. The number of urea groups is 1. The Hall–Kier alpha value is -3.55. The molecule has 2 aromatic carbocycles. The number of nitrogens with zero attached hydrogens (tertiary/aromatic N) is 3. The van der Waals surface area contributed by atoms with Crippen LogP contribution in [0.5, 0.6) is 5.75 Å². The number of carbonyl (C=O) groups excluding carboxylic acids is 2. The molecule has 8 heteroatoms. The molecule has 1 fully saturated rings. The van der Waals surface area contributed by atoms with Crippen LogP contribution < -0.4 is 4.74 Å². The van der Waals surface area contributed by atoms with Gasteiger partial charge in [0.2, 0.25) is 0 Å². The molecular weight excluding hydrogens is 444 g/mol. The number of amides is 2. The van der Waals surface area contributed by atoms with Crippen LogP contribution in [0.25, 0.3) is 22.2 Å². The van der Waals surface area contributed by atoms with Crippen LogP contribution in [0.3, 0.4) is 0 Å². The highest BCUT2D eigenvalue weighted by molar-refractivity contribution is 5.83. The Morgan fingerprint density at radius 3 is 2.83 bits per heavy atom. The number of aromatic nitrogens is 2. The molecule has 0 bridgehead atoms. The Morgan fingerprint density at radius 1 is 1.14 bits per heavy atom. The lowest BCUT2D eigenvalue weighted by Crippen LogP contribution is -2.49. The normalized spacial score (nSPS) is 18.1. The first kappa shape index (κ1) is 23.2. The molecular formula is C27H32N4O4. The van der Waals surface area contributed by atoms with Crippen molar-refractivity contribution in [2.24, 2.45) is 5.92 Å². The minimum absolute atomic E-state index is 0.0483. The smallest absolute Gasteiger partial charge is 0.320 e. The van der Waals surface area contributed by atoms with Crippen LogP contribution in [0, 0.1) is 19.8 Å². The number of rotatable bonds is 3. The van der Waals surface area contributed by atoms with Gasteiger partial charge in [0.15, 0.2) is 0 Å². The summed E-state index contributed by atoms with van der Waals surface area (Å²) in [4.78, 5) is 37.1. The van der Waals surface area contributed by atoms with Gasteiger partial charge in [-0.1, -0.05) is 6.07 Å². The molecule has 5 rings (SSSR count). The highest BCUT2D eigenvalue weighted by atomic mass is 16.5. The maximum absolute atomic E-state index is 13.5. The number of imidazole rings is 1. The molecule has 2 aliphatic rings. The summed E-state index contributed by atoms with van der Waals surface area (Å²) in [5.41, 5.74) is 6.15. The van der Waals surface area contributed by atoms with Gasteiger partial charge in [-0.2, -0.15) is 0 Å². The number of esters is 1. The first-order valence-corrected chi connectivity index (χ1v) is 12.4. The van der Waals surface area contributed by atoms with E-state index in [1.165, 1.54) is 0 Å². The van der Waals surface area contributed by atoms with Crippen molar-refractivity contribution >= 4 is 23.0 Å². The van der Waals surface area contributed by atoms with Crippen molar-refractivity contribution in [2.45, 2.75) is 40.2 Å². The van der Waals surface area contributed by atoms with Crippen molar-refractivity contribution in [3.05, 3.63) is 47.3 Å². The van der Waals surface area contributed by atoms with E-state index in [0.717, 1.165) is 57.7 Å². The topological polar surface area (TPSA) is 87.8 Å². The largest absolute Gasteiger partial charge is 0.491 e. The molecule has 184 valence electrons. The van der Waals surface area contributed by atoms with Crippen molar-refractivity contribution < 1.29 is 19.1 Å². The third-order valence-electron chi connectivity index (χ3n) is 6.84. The summed E-state index contributed by atoms with van der Waals surface area (Å²) < 4.78 is 11.3. The van der Waals surface area contributed by atoms with Crippen LogP contribution >= 0.6 is 0 Å². The van der Waals surface area contributed by atoms with Crippen molar-refractivity contribution in [1.29, 1.82) is 0 Å². The zero-order valence-electron chi connectivity index (χ0n) is 20.6. The fourth-order valence-corrected chi connectivity index (χ4v) is 5.16. The number of hydrogen-bond acceptors (Lipinski definition) is 5. The number of aryl methyl sites for hydroxylation is 2. The standard InChI is InChI=1S/C27H32N4O4/c1-4-34-26(32)20-6-5-9-30(15-20)27(33)31-10-11-35-25-17(2)12-21(13-22(25)16-31)19-7-8-23-24(14-19)29-18(3)28-23/h7-8,12-14,20H,4-6,9-11,15-16H2,1-3H3,(H,28,29)/t20-/m0/s1. The molecule has 1 N–H and O–H groups in total. The number of nitrogens with one attached hydrogen (secondary N) is 1. The third-order valence-corrected chi connectivity index (χ3v) is 6.84. The van der Waals surface area contributed by atoms with E-state index in [1.54, 1.807) is 4.90 Å². The average molecular weight is 477 g/mol. The fraction of sp³-hybridized carbons (Fsp3) is 0.444. The quantitative estimate of drug-likeness (QED) is 0.565. The molecule has 0 saturated carbocycles. The molecule has 2 amide bonds. The minimum atomic E-state index is -0.252. The summed E-state index contributed by atoms with van der Waals surface area (Å²) in [5.74, 6) is 1.28. The van der Waals surface area contributed by atoms with Crippen LogP contribution in [0.2, 0.25) is 0 Å². The molecule has 1 aromatic heterocycles. The number of benzene rings is 2. The molecule has 8 nitrogen and oxygen atoms in total. The van der Waals surface area contributed by atoms with Crippen molar-refractivity contribution in [2.75, 3.05) is 32.8 Å². The van der Waals surface area contributed by atoms with Gasteiger partial charge in [-0.3, -0.25) is 4.79 Å². The summed E-state index contributed by atoms with van der Waals surface area (Å²) in [6.45, 7) is 8.64. The van der Waals surface area contributed by atoms with E-state index in [2.05, 4.69) is 34.2 Å². The van der Waals surface area contributed by atoms with Gasteiger partial charge in [-0.15, -0.1) is 0 Å². The van der Waals surface area contributed by atoms with Crippen LogP contribution in [0.1, 0.15) is 36.7 Å². The number of likely N-dealkylation sites (tertiary alicyclic amines) is 1. The zero-order chi connectivity index (χ0) is 24.5. The minimum Gasteiger partial charge on any atom is -0.491 e. The molecule has 0 radical (unpaired) electrons. The molecule has 35 heavy (non-hydrogen) atoms. The molecule has 0 unspecified atom stereocenters. The van der Waals surface area contributed by atoms with Crippen molar-refractivity contribution in [3.8, 4) is 16.9 Å². The summed E-state index contributed by atoms with van der Waals surface area (Å²) in [6.07, 6.45) is 1.56. The predicted octanol–water partition coefficient (Wildman–Crippen LogP) is 4.44. The Morgan fingerprint density at radius 2 is 2.00 bits per heavy atom. The second kappa shape index (κ2) is 9.60. The van der Waals surface area contributed by atoms with Crippen LogP contribution in [0.15, 0.2) is 30.3 Å². The Bertz CT molecular complexity index is 1270. The maximum atomic E-state index is 13.5. The SMILES string of the molecule is CCOC(=O)[C@H]1CCCN(C(=O)N2CCOc3c(C)cc(-c4ccc5nc(C)[nH]c5c4)cc3C2)C1. The van der Waals surface area contributed by atoms with E-state index in [4.69, 9.17) is 9.47 Å². The second-order valence-corrected chi connectivity index (χ2v) is 9.43. The van der Waals surface area contributed by atoms with Crippen LogP contribution in [-0.2, 0) is 16.1 Å². The number of H-pyrrole nitrogens is 1. The van der Waals surface area contributed by atoms with Crippen LogP contribution in [0.4, 0.5) is 4.79 Å². The summed E-state index contributed by atoms with van der Waals surface area (Å²) in [7, 11) is 0. The number of hydrogen-bond donors (Lipinski definition) is 1. The maximum Gasteiger partial charge on any atom is 0.320 e. The number of fused-ring (bicyclic) bond motifs is 2. The lowest BCUT2D eigenvalue weighted by Gasteiger charge is -2.35. The third kappa shape index (κ3) is 4.70. The van der Waals surface area contributed by atoms with Gasteiger partial charge in [-0.05, 0) is 74.6 Å². The Labute approximate surface area is 205 Å².